The zero-order valence-corrected chi connectivity index (χ0v) is 21.1. The second kappa shape index (κ2) is 12.7. The van der Waals surface area contributed by atoms with Gasteiger partial charge < -0.3 is 25.2 Å². The lowest BCUT2D eigenvalue weighted by Crippen LogP contribution is -2.34. The van der Waals surface area contributed by atoms with Gasteiger partial charge in [0.15, 0.2) is 0 Å². The summed E-state index contributed by atoms with van der Waals surface area (Å²) in [5.41, 5.74) is -4.46. The monoisotopic (exact) mass is 487 g/mol. The van der Waals surface area contributed by atoms with Gasteiger partial charge in [0.05, 0.1) is 0 Å². The van der Waals surface area contributed by atoms with Crippen molar-refractivity contribution in [3.8, 4) is 0 Å². The number of hydrogen-bond donors (Lipinski definition) is 4. The van der Waals surface area contributed by atoms with Gasteiger partial charge in [0, 0.05) is 24.6 Å². The number of amides is 2. The van der Waals surface area contributed by atoms with E-state index in [9.17, 15) is 18.9 Å². The Labute approximate surface area is 186 Å². The average Bonchev–Trinajstić information content (AvgIpc) is 2.52. The number of rotatable bonds is 11. The van der Waals surface area contributed by atoms with Gasteiger partial charge in [-0.15, -0.1) is 0 Å². The van der Waals surface area contributed by atoms with Crippen molar-refractivity contribution in [2.75, 3.05) is 24.6 Å². The van der Waals surface area contributed by atoms with Gasteiger partial charge in [-0.1, -0.05) is 22.8 Å². The highest BCUT2D eigenvalue weighted by molar-refractivity contribution is 8.90. The molecule has 0 rings (SSSR count). The molecule has 0 fully saturated rings. The molecule has 1 atom stereocenters. The van der Waals surface area contributed by atoms with Gasteiger partial charge in [0.25, 0.3) is 5.70 Å². The molecule has 0 heterocycles. The molecule has 0 saturated heterocycles. The van der Waals surface area contributed by atoms with E-state index in [1.54, 1.807) is 41.5 Å². The lowest BCUT2D eigenvalue weighted by atomic mass is 10.2. The van der Waals surface area contributed by atoms with E-state index in [4.69, 9.17) is 14.6 Å². The summed E-state index contributed by atoms with van der Waals surface area (Å²) in [5.74, 6) is -0.569. The van der Waals surface area contributed by atoms with Crippen LogP contribution in [0.1, 0.15) is 48.5 Å². The topological polar surface area (TPSA) is 143 Å². The number of carboxylic acid groups (broad SMARTS) is 1. The minimum atomic E-state index is -3.21. The van der Waals surface area contributed by atoms with Crippen molar-refractivity contribution in [2.24, 2.45) is 0 Å². The molecule has 0 aliphatic heterocycles. The molecule has 2 amide bonds. The van der Waals surface area contributed by atoms with Gasteiger partial charge in [-0.05, 0) is 48.5 Å². The van der Waals surface area contributed by atoms with Gasteiger partial charge >= 0.3 is 18.2 Å². The third-order valence-electron chi connectivity index (χ3n) is 2.79. The molecule has 0 aromatic carbocycles. The Hall–Kier alpha value is -1.10. The second-order valence-corrected chi connectivity index (χ2v) is 16.1. The molecule has 0 bridgehead atoms. The number of carbonyl (C=O) groups is 3. The molecule has 1 unspecified atom stereocenters. The van der Waals surface area contributed by atoms with E-state index in [0.29, 0.717) is 0 Å². The van der Waals surface area contributed by atoms with Crippen molar-refractivity contribution in [2.45, 2.75) is 65.7 Å². The minimum Gasteiger partial charge on any atom is -0.480 e. The van der Waals surface area contributed by atoms with E-state index >= 15 is 0 Å². The third kappa shape index (κ3) is 15.7. The number of ether oxygens (including phenoxy) is 2. The first-order valence-electron chi connectivity index (χ1n) is 9.36. The Morgan fingerprint density at radius 3 is 1.57 bits per heavy atom. The van der Waals surface area contributed by atoms with E-state index in [-0.39, 0.29) is 24.6 Å². The van der Waals surface area contributed by atoms with Gasteiger partial charge in [-0.3, -0.25) is 9.36 Å². The molecule has 0 aliphatic carbocycles. The van der Waals surface area contributed by atoms with Crippen LogP contribution in [0.15, 0.2) is 0 Å². The van der Waals surface area contributed by atoms with Crippen molar-refractivity contribution < 1.29 is 33.5 Å². The van der Waals surface area contributed by atoms with Gasteiger partial charge in [0.1, 0.15) is 17.2 Å². The van der Waals surface area contributed by atoms with Crippen LogP contribution in [0.3, 0.4) is 0 Å². The second-order valence-electron chi connectivity index (χ2n) is 8.21. The number of carbonyl (C=O) groups excluding carboxylic acids is 2. The highest BCUT2D eigenvalue weighted by Gasteiger charge is 2.28. The van der Waals surface area contributed by atoms with Crippen LogP contribution >= 0.6 is 28.5 Å². The van der Waals surface area contributed by atoms with Gasteiger partial charge in [-0.25, -0.2) is 14.7 Å². The normalized spacial score (nSPS) is 13.3. The molecule has 0 saturated carbocycles. The van der Waals surface area contributed by atoms with Crippen molar-refractivity contribution in [1.29, 1.82) is 0 Å². The molecule has 176 valence electrons. The maximum Gasteiger partial charge on any atom is 0.407 e. The molecule has 30 heavy (non-hydrogen) atoms. The molecule has 4 N–H and O–H groups in total. The quantitative estimate of drug-likeness (QED) is 0.252. The van der Waals surface area contributed by atoms with Crippen LogP contribution in [0, 0.1) is 0 Å². The van der Waals surface area contributed by atoms with E-state index in [1.807, 2.05) is 0 Å². The van der Waals surface area contributed by atoms with Crippen LogP contribution in [0.5, 0.6) is 0 Å². The van der Waals surface area contributed by atoms with Crippen LogP contribution in [0.25, 0.3) is 0 Å². The van der Waals surface area contributed by atoms with Crippen molar-refractivity contribution >= 4 is 46.6 Å². The predicted octanol–water partition coefficient (Wildman–Crippen LogP) is 3.67. The molecule has 10 nitrogen and oxygen atoms in total. The Balaban J connectivity index is 4.60. The highest BCUT2D eigenvalue weighted by atomic mass is 33.1. The fourth-order valence-electron chi connectivity index (χ4n) is 1.67. The molecular weight excluding hydrogens is 453 g/mol. The summed E-state index contributed by atoms with van der Waals surface area (Å²) in [6, 6.07) is -1.02. The summed E-state index contributed by atoms with van der Waals surface area (Å²) in [7, 11) is 0. The number of carboxylic acids is 1. The number of aliphatic carboxylic acids is 1. The highest BCUT2D eigenvalue weighted by Crippen LogP contribution is 2.65. The number of nitrogens with one attached hydrogen (secondary N) is 3. The van der Waals surface area contributed by atoms with Gasteiger partial charge in [-0.2, -0.15) is 0 Å². The molecule has 0 spiro atoms. The van der Waals surface area contributed by atoms with E-state index < -0.39 is 41.1 Å². The maximum absolute atomic E-state index is 13.1. The number of alkyl carbamates (subject to hydrolysis) is 2. The zero-order chi connectivity index (χ0) is 23.6. The summed E-state index contributed by atoms with van der Waals surface area (Å²) < 4.78 is 23.4. The molecule has 0 aromatic rings. The lowest BCUT2D eigenvalue weighted by Gasteiger charge is -2.22. The first kappa shape index (κ1) is 28.9. The Morgan fingerprint density at radius 2 is 1.27 bits per heavy atom. The third-order valence-corrected chi connectivity index (χ3v) is 10.6. The van der Waals surface area contributed by atoms with Gasteiger partial charge in [0.2, 0.25) is 0 Å². The minimum absolute atomic E-state index is 0.198. The van der Waals surface area contributed by atoms with Crippen LogP contribution in [0.2, 0.25) is 0 Å². The summed E-state index contributed by atoms with van der Waals surface area (Å²) in [4.78, 5) is 34.5. The van der Waals surface area contributed by atoms with E-state index in [1.165, 1.54) is 6.92 Å². The standard InChI is InChI=1S/C17H34N3O7PS2/c1-12(13(21)22)20-28(25,29-10-8-18-14(23)26-16(2,3)4)30-11-9-19-15(24)27-17(5,6)7/h12H,8-11H2,1-7H3,(H,18,23)(H,19,24)(H,20,25)(H,21,22). The predicted molar refractivity (Wildman–Crippen MR) is 121 cm³/mol. The molecular formula is C17H34N3O7PS2. The fourth-order valence-corrected chi connectivity index (χ4v) is 8.97. The average molecular weight is 488 g/mol. The Kier molecular flexibility index (Phi) is 12.2. The summed E-state index contributed by atoms with van der Waals surface area (Å²) in [5, 5.41) is 16.9. The Bertz CT molecular complexity index is 596. The van der Waals surface area contributed by atoms with E-state index in [2.05, 4.69) is 15.7 Å². The number of hydrogen-bond acceptors (Lipinski definition) is 8. The van der Waals surface area contributed by atoms with Crippen molar-refractivity contribution in [3.63, 3.8) is 0 Å². The van der Waals surface area contributed by atoms with Crippen LogP contribution in [0.4, 0.5) is 9.59 Å². The zero-order valence-electron chi connectivity index (χ0n) is 18.6. The van der Waals surface area contributed by atoms with Crippen molar-refractivity contribution in [3.05, 3.63) is 0 Å². The van der Waals surface area contributed by atoms with E-state index in [0.717, 1.165) is 22.8 Å². The Morgan fingerprint density at radius 1 is 0.900 bits per heavy atom. The fraction of sp³-hybridized carbons (Fsp3) is 0.824. The first-order chi connectivity index (χ1) is 13.5. The maximum atomic E-state index is 13.1. The first-order valence-corrected chi connectivity index (χ1v) is 14.3. The van der Waals surface area contributed by atoms with Crippen molar-refractivity contribution in [1.82, 2.24) is 15.7 Å². The molecule has 0 aliphatic rings. The molecule has 0 radical (unpaired) electrons. The molecule has 0 aromatic heterocycles. The smallest absolute Gasteiger partial charge is 0.407 e. The summed E-state index contributed by atoms with van der Waals surface area (Å²) in [6.07, 6.45) is -1.17. The van der Waals surface area contributed by atoms with Crippen LogP contribution in [-0.2, 0) is 18.8 Å². The van der Waals surface area contributed by atoms with Crippen LogP contribution in [-0.4, -0.2) is 65.1 Å². The lowest BCUT2D eigenvalue weighted by molar-refractivity contribution is -0.138. The summed E-state index contributed by atoms with van der Waals surface area (Å²) >= 11 is 2.06. The molecule has 13 heteroatoms. The largest absolute Gasteiger partial charge is 0.480 e. The summed E-state index contributed by atoms with van der Waals surface area (Å²) in [6.45, 7) is 12.3. The van der Waals surface area contributed by atoms with Crippen LogP contribution < -0.4 is 15.7 Å². The SMILES string of the molecule is CC(NP(=O)(SCCNC(=O)OC(C)(C)C)SCCNC(=O)OC(C)(C)C)C(=O)O.